The molecule has 1 saturated heterocycles. The Labute approximate surface area is 135 Å². The summed E-state index contributed by atoms with van der Waals surface area (Å²) in [5, 5.41) is 4.41. The summed E-state index contributed by atoms with van der Waals surface area (Å²) in [4.78, 5) is 9.31. The quantitative estimate of drug-likeness (QED) is 0.851. The summed E-state index contributed by atoms with van der Waals surface area (Å²) in [6.45, 7) is 6.74. The third kappa shape index (κ3) is 2.66. The van der Waals surface area contributed by atoms with Crippen molar-refractivity contribution >= 4 is 0 Å². The second-order valence-electron chi connectivity index (χ2n) is 6.08. The Morgan fingerprint density at radius 1 is 1.09 bits per heavy atom. The first-order valence-corrected chi connectivity index (χ1v) is 7.95. The lowest BCUT2D eigenvalue weighted by molar-refractivity contribution is 0.114. The fourth-order valence-electron chi connectivity index (χ4n) is 3.12. The van der Waals surface area contributed by atoms with E-state index < -0.39 is 0 Å². The lowest BCUT2D eigenvalue weighted by Gasteiger charge is -2.35. The van der Waals surface area contributed by atoms with Crippen molar-refractivity contribution < 1.29 is 9.47 Å². The average molecular weight is 315 g/mol. The molecule has 2 aliphatic heterocycles. The van der Waals surface area contributed by atoms with Crippen LogP contribution in [0.5, 0.6) is 11.5 Å². The van der Waals surface area contributed by atoms with Gasteiger partial charge in [-0.15, -0.1) is 0 Å². The summed E-state index contributed by atoms with van der Waals surface area (Å²) in [6, 6.07) is 6.08. The molecule has 1 aromatic carbocycles. The number of benzene rings is 1. The molecule has 7 nitrogen and oxygen atoms in total. The number of likely N-dealkylation sites (N-methyl/N-ethyl adjacent to an activating group) is 1. The minimum Gasteiger partial charge on any atom is -0.454 e. The van der Waals surface area contributed by atoms with Gasteiger partial charge in [0.05, 0.1) is 11.7 Å². The van der Waals surface area contributed by atoms with E-state index in [4.69, 9.17) is 9.47 Å². The van der Waals surface area contributed by atoms with E-state index >= 15 is 0 Å². The summed E-state index contributed by atoms with van der Waals surface area (Å²) < 4.78 is 12.7. The van der Waals surface area contributed by atoms with Gasteiger partial charge in [0, 0.05) is 32.2 Å². The number of hydrogen-bond acceptors (Lipinski definition) is 6. The number of fused-ring (bicyclic) bond motifs is 1. The molecule has 4 rings (SSSR count). The highest BCUT2D eigenvalue weighted by molar-refractivity contribution is 5.50. The van der Waals surface area contributed by atoms with Crippen LogP contribution in [0, 0.1) is 0 Å². The van der Waals surface area contributed by atoms with Crippen LogP contribution in [0.4, 0.5) is 0 Å². The van der Waals surface area contributed by atoms with Crippen molar-refractivity contribution in [2.24, 2.45) is 0 Å². The molecule has 1 fully saturated rings. The van der Waals surface area contributed by atoms with E-state index in [9.17, 15) is 0 Å². The molecule has 2 aliphatic rings. The average Bonchev–Trinajstić information content (AvgIpc) is 3.23. The highest BCUT2D eigenvalue weighted by Gasteiger charge is 2.25. The fourth-order valence-corrected chi connectivity index (χ4v) is 3.12. The van der Waals surface area contributed by atoms with Crippen molar-refractivity contribution in [2.75, 3.05) is 40.0 Å². The summed E-state index contributed by atoms with van der Waals surface area (Å²) >= 11 is 0. The van der Waals surface area contributed by atoms with E-state index in [2.05, 4.69) is 33.9 Å². The van der Waals surface area contributed by atoms with E-state index in [0.717, 1.165) is 49.2 Å². The number of rotatable bonds is 3. The monoisotopic (exact) mass is 315 g/mol. The Balaban J connectivity index is 1.61. The van der Waals surface area contributed by atoms with Gasteiger partial charge in [0.25, 0.3) is 0 Å². The van der Waals surface area contributed by atoms with Crippen LogP contribution in [0.25, 0.3) is 5.69 Å². The van der Waals surface area contributed by atoms with Crippen LogP contribution in [-0.2, 0) is 0 Å². The Hall–Kier alpha value is -2.12. The molecule has 23 heavy (non-hydrogen) atoms. The zero-order chi connectivity index (χ0) is 15.8. The highest BCUT2D eigenvalue weighted by Crippen LogP contribution is 2.34. The molecule has 122 valence electrons. The molecule has 0 saturated carbocycles. The standard InChI is InChI=1S/C16H21N5O2/c1-12(20-7-5-19(2)6-8-20)16-17-10-18-21(16)13-3-4-14-15(9-13)23-11-22-14/h3-4,9-10,12H,5-8,11H2,1-2H3/t12-/m1/s1. The Kier molecular flexibility index (Phi) is 3.66. The van der Waals surface area contributed by atoms with Gasteiger partial charge >= 0.3 is 0 Å². The largest absolute Gasteiger partial charge is 0.454 e. The number of piperazine rings is 1. The van der Waals surface area contributed by atoms with Crippen molar-refractivity contribution in [3.63, 3.8) is 0 Å². The Morgan fingerprint density at radius 3 is 2.70 bits per heavy atom. The van der Waals surface area contributed by atoms with Crippen molar-refractivity contribution in [3.8, 4) is 17.2 Å². The van der Waals surface area contributed by atoms with E-state index in [1.165, 1.54) is 0 Å². The Bertz CT molecular complexity index is 694. The number of nitrogens with zero attached hydrogens (tertiary/aromatic N) is 5. The second kappa shape index (κ2) is 5.82. The zero-order valence-electron chi connectivity index (χ0n) is 13.5. The third-order valence-corrected chi connectivity index (χ3v) is 4.63. The summed E-state index contributed by atoms with van der Waals surface area (Å²) in [7, 11) is 2.16. The topological polar surface area (TPSA) is 55.7 Å². The van der Waals surface area contributed by atoms with Crippen LogP contribution in [0.2, 0.25) is 0 Å². The molecule has 7 heteroatoms. The van der Waals surface area contributed by atoms with Crippen molar-refractivity contribution in [2.45, 2.75) is 13.0 Å². The molecule has 1 atom stereocenters. The summed E-state index contributed by atoms with van der Waals surface area (Å²) in [6.07, 6.45) is 1.62. The van der Waals surface area contributed by atoms with Gasteiger partial charge in [0.15, 0.2) is 11.5 Å². The van der Waals surface area contributed by atoms with Crippen LogP contribution in [-0.4, -0.2) is 64.6 Å². The first-order valence-electron chi connectivity index (χ1n) is 7.95. The minimum absolute atomic E-state index is 0.219. The molecule has 0 aliphatic carbocycles. The van der Waals surface area contributed by atoms with E-state index in [-0.39, 0.29) is 12.8 Å². The van der Waals surface area contributed by atoms with E-state index in [1.807, 2.05) is 22.9 Å². The van der Waals surface area contributed by atoms with Gasteiger partial charge in [0.1, 0.15) is 12.2 Å². The maximum absolute atomic E-state index is 5.47. The van der Waals surface area contributed by atoms with Gasteiger partial charge in [-0.3, -0.25) is 4.90 Å². The van der Waals surface area contributed by atoms with E-state index in [1.54, 1.807) is 6.33 Å². The summed E-state index contributed by atoms with van der Waals surface area (Å²) in [5.74, 6) is 2.49. The predicted molar refractivity (Wildman–Crippen MR) is 85.0 cm³/mol. The number of aromatic nitrogens is 3. The van der Waals surface area contributed by atoms with Crippen LogP contribution >= 0.6 is 0 Å². The van der Waals surface area contributed by atoms with Gasteiger partial charge in [-0.2, -0.15) is 5.10 Å². The third-order valence-electron chi connectivity index (χ3n) is 4.63. The first kappa shape index (κ1) is 14.5. The fraction of sp³-hybridized carbons (Fsp3) is 0.500. The molecule has 0 spiro atoms. The van der Waals surface area contributed by atoms with E-state index in [0.29, 0.717) is 0 Å². The van der Waals surface area contributed by atoms with Gasteiger partial charge in [0.2, 0.25) is 6.79 Å². The molecule has 0 unspecified atom stereocenters. The van der Waals surface area contributed by atoms with Crippen molar-refractivity contribution in [3.05, 3.63) is 30.4 Å². The molecule has 0 radical (unpaired) electrons. The summed E-state index contributed by atoms with van der Waals surface area (Å²) in [5.41, 5.74) is 0.947. The van der Waals surface area contributed by atoms with Gasteiger partial charge in [-0.1, -0.05) is 0 Å². The minimum atomic E-state index is 0.219. The number of hydrogen-bond donors (Lipinski definition) is 0. The lowest BCUT2D eigenvalue weighted by atomic mass is 10.2. The van der Waals surface area contributed by atoms with Crippen LogP contribution in [0.15, 0.2) is 24.5 Å². The SMILES string of the molecule is C[C@H](c1ncnn1-c1ccc2c(c1)OCO2)N1CCN(C)CC1. The number of ether oxygens (including phenoxy) is 2. The molecule has 0 amide bonds. The predicted octanol–water partition coefficient (Wildman–Crippen LogP) is 1.30. The van der Waals surface area contributed by atoms with Gasteiger partial charge < -0.3 is 14.4 Å². The molecule has 0 N–H and O–H groups in total. The van der Waals surface area contributed by atoms with Crippen LogP contribution < -0.4 is 9.47 Å². The highest BCUT2D eigenvalue weighted by atomic mass is 16.7. The van der Waals surface area contributed by atoms with Crippen molar-refractivity contribution in [1.29, 1.82) is 0 Å². The van der Waals surface area contributed by atoms with Gasteiger partial charge in [-0.25, -0.2) is 9.67 Å². The Morgan fingerprint density at radius 2 is 1.87 bits per heavy atom. The van der Waals surface area contributed by atoms with Gasteiger partial charge in [-0.05, 0) is 26.1 Å². The van der Waals surface area contributed by atoms with Crippen LogP contribution in [0.3, 0.4) is 0 Å². The molecule has 1 aromatic heterocycles. The maximum atomic E-state index is 5.47. The molecular weight excluding hydrogens is 294 g/mol. The molecule has 2 aromatic rings. The zero-order valence-corrected chi connectivity index (χ0v) is 13.5. The lowest BCUT2D eigenvalue weighted by Crippen LogP contribution is -2.45. The van der Waals surface area contributed by atoms with Crippen LogP contribution in [0.1, 0.15) is 18.8 Å². The molecular formula is C16H21N5O2. The normalized spacial score (nSPS) is 19.9. The first-order chi connectivity index (χ1) is 11.2. The maximum Gasteiger partial charge on any atom is 0.231 e. The second-order valence-corrected chi connectivity index (χ2v) is 6.08. The van der Waals surface area contributed by atoms with Crippen molar-refractivity contribution in [1.82, 2.24) is 24.6 Å². The molecule has 3 heterocycles. The smallest absolute Gasteiger partial charge is 0.231 e. The molecule has 0 bridgehead atoms.